The van der Waals surface area contributed by atoms with E-state index < -0.39 is 6.09 Å². The Morgan fingerprint density at radius 1 is 1.50 bits per heavy atom. The number of carboxylic acid groups (broad SMARTS) is 1. The van der Waals surface area contributed by atoms with Gasteiger partial charge in [0.15, 0.2) is 0 Å². The fraction of sp³-hybridized carbons (Fsp3) is 0.462. The topological polar surface area (TPSA) is 66.6 Å². The van der Waals surface area contributed by atoms with Gasteiger partial charge in [0, 0.05) is 11.1 Å². The van der Waals surface area contributed by atoms with Crippen LogP contribution in [0.5, 0.6) is 0 Å². The zero-order chi connectivity index (χ0) is 13.1. The van der Waals surface area contributed by atoms with E-state index in [2.05, 4.69) is 0 Å². The Morgan fingerprint density at radius 2 is 2.22 bits per heavy atom. The third kappa shape index (κ3) is 3.15. The average molecular weight is 269 g/mol. The van der Waals surface area contributed by atoms with Crippen molar-refractivity contribution in [2.24, 2.45) is 5.73 Å². The van der Waals surface area contributed by atoms with Crippen LogP contribution in [0.1, 0.15) is 24.0 Å². The summed E-state index contributed by atoms with van der Waals surface area (Å²) in [7, 11) is 0. The molecule has 0 saturated heterocycles. The van der Waals surface area contributed by atoms with Gasteiger partial charge in [0.05, 0.1) is 6.54 Å². The van der Waals surface area contributed by atoms with E-state index in [0.717, 1.165) is 30.4 Å². The molecule has 0 bridgehead atoms. The van der Waals surface area contributed by atoms with E-state index in [4.69, 9.17) is 17.3 Å². The first-order valence-corrected chi connectivity index (χ1v) is 6.46. The summed E-state index contributed by atoms with van der Waals surface area (Å²) in [5.74, 6) is 0. The molecule has 5 heteroatoms. The second-order valence-corrected chi connectivity index (χ2v) is 5.01. The molecular formula is C13H17ClN2O2. The normalized spacial score (nSPS) is 14.6. The van der Waals surface area contributed by atoms with Gasteiger partial charge in [-0.3, -0.25) is 0 Å². The van der Waals surface area contributed by atoms with Crippen molar-refractivity contribution in [3.05, 3.63) is 34.3 Å². The van der Waals surface area contributed by atoms with Crippen LogP contribution in [-0.2, 0) is 13.0 Å². The first-order chi connectivity index (χ1) is 8.61. The lowest BCUT2D eigenvalue weighted by Crippen LogP contribution is -2.31. The summed E-state index contributed by atoms with van der Waals surface area (Å²) in [5.41, 5.74) is 7.47. The molecule has 1 aromatic carbocycles. The van der Waals surface area contributed by atoms with E-state index in [1.165, 1.54) is 4.90 Å². The molecule has 0 radical (unpaired) electrons. The smallest absolute Gasteiger partial charge is 0.407 e. The van der Waals surface area contributed by atoms with Crippen molar-refractivity contribution < 1.29 is 9.90 Å². The Kier molecular flexibility index (Phi) is 4.09. The van der Waals surface area contributed by atoms with Crippen LogP contribution in [0.2, 0.25) is 5.02 Å². The molecule has 1 amide bonds. The molecule has 1 aliphatic rings. The molecule has 1 aromatic rings. The van der Waals surface area contributed by atoms with Crippen molar-refractivity contribution in [2.45, 2.75) is 31.8 Å². The van der Waals surface area contributed by atoms with E-state index in [-0.39, 0.29) is 6.04 Å². The summed E-state index contributed by atoms with van der Waals surface area (Å²) >= 11 is 6.12. The molecule has 1 aliphatic carbocycles. The van der Waals surface area contributed by atoms with E-state index >= 15 is 0 Å². The number of rotatable bonds is 5. The third-order valence-corrected chi connectivity index (χ3v) is 3.49. The summed E-state index contributed by atoms with van der Waals surface area (Å²) in [5, 5.41) is 9.78. The second kappa shape index (κ2) is 5.59. The van der Waals surface area contributed by atoms with Crippen LogP contribution >= 0.6 is 11.6 Å². The van der Waals surface area contributed by atoms with E-state index in [9.17, 15) is 9.90 Å². The number of nitrogens with zero attached hydrogens (tertiary/aromatic N) is 1. The van der Waals surface area contributed by atoms with Crippen LogP contribution in [0.3, 0.4) is 0 Å². The lowest BCUT2D eigenvalue weighted by molar-refractivity contribution is 0.139. The second-order valence-electron chi connectivity index (χ2n) is 4.61. The van der Waals surface area contributed by atoms with Gasteiger partial charge in [0.1, 0.15) is 0 Å². The Hall–Kier alpha value is -1.26. The van der Waals surface area contributed by atoms with Gasteiger partial charge in [-0.1, -0.05) is 23.7 Å². The SMILES string of the molecule is NCCc1ccc(Cl)c(CN(C(=O)O)C2CC2)c1. The fourth-order valence-electron chi connectivity index (χ4n) is 1.99. The lowest BCUT2D eigenvalue weighted by atomic mass is 10.1. The van der Waals surface area contributed by atoms with Crippen LogP contribution in [0.25, 0.3) is 0 Å². The van der Waals surface area contributed by atoms with Crippen LogP contribution in [-0.4, -0.2) is 28.7 Å². The largest absolute Gasteiger partial charge is 0.465 e. The highest BCUT2D eigenvalue weighted by atomic mass is 35.5. The molecule has 18 heavy (non-hydrogen) atoms. The van der Waals surface area contributed by atoms with E-state index in [1.54, 1.807) is 0 Å². The number of hydrogen-bond acceptors (Lipinski definition) is 2. The van der Waals surface area contributed by atoms with Gasteiger partial charge in [0.2, 0.25) is 0 Å². The van der Waals surface area contributed by atoms with Gasteiger partial charge >= 0.3 is 6.09 Å². The minimum absolute atomic E-state index is 0.164. The number of carbonyl (C=O) groups is 1. The van der Waals surface area contributed by atoms with Gasteiger partial charge in [-0.05, 0) is 43.0 Å². The minimum Gasteiger partial charge on any atom is -0.465 e. The predicted octanol–water partition coefficient (Wildman–Crippen LogP) is 2.48. The molecule has 98 valence electrons. The maximum absolute atomic E-state index is 11.2. The molecular weight excluding hydrogens is 252 g/mol. The summed E-state index contributed by atoms with van der Waals surface area (Å²) in [4.78, 5) is 12.6. The monoisotopic (exact) mass is 268 g/mol. The van der Waals surface area contributed by atoms with Crippen LogP contribution < -0.4 is 5.73 Å². The Balaban J connectivity index is 2.15. The molecule has 0 unspecified atom stereocenters. The molecule has 0 aliphatic heterocycles. The molecule has 2 rings (SSSR count). The molecule has 0 atom stereocenters. The van der Waals surface area contributed by atoms with Crippen molar-refractivity contribution in [1.82, 2.24) is 4.90 Å². The maximum atomic E-state index is 11.2. The van der Waals surface area contributed by atoms with Crippen molar-refractivity contribution in [3.8, 4) is 0 Å². The minimum atomic E-state index is -0.877. The van der Waals surface area contributed by atoms with E-state index in [1.807, 2.05) is 18.2 Å². The summed E-state index contributed by atoms with van der Waals surface area (Å²) in [6.45, 7) is 0.934. The first kappa shape index (κ1) is 13.2. The van der Waals surface area contributed by atoms with Crippen LogP contribution in [0.15, 0.2) is 18.2 Å². The molecule has 0 spiro atoms. The standard InChI is InChI=1S/C13H17ClN2O2/c14-12-4-1-9(5-6-15)7-10(12)8-16(13(17)18)11-2-3-11/h1,4,7,11H,2-3,5-6,8,15H2,(H,17,18). The lowest BCUT2D eigenvalue weighted by Gasteiger charge is -2.19. The van der Waals surface area contributed by atoms with Crippen molar-refractivity contribution in [3.63, 3.8) is 0 Å². The summed E-state index contributed by atoms with van der Waals surface area (Å²) in [6, 6.07) is 5.86. The number of halogens is 1. The molecule has 1 fully saturated rings. The quantitative estimate of drug-likeness (QED) is 0.862. The van der Waals surface area contributed by atoms with Crippen molar-refractivity contribution in [1.29, 1.82) is 0 Å². The van der Waals surface area contributed by atoms with Gasteiger partial charge < -0.3 is 15.7 Å². The van der Waals surface area contributed by atoms with Gasteiger partial charge in [0.25, 0.3) is 0 Å². The van der Waals surface area contributed by atoms with Gasteiger partial charge in [-0.25, -0.2) is 4.79 Å². The Morgan fingerprint density at radius 3 is 2.78 bits per heavy atom. The summed E-state index contributed by atoms with van der Waals surface area (Å²) in [6.07, 6.45) is 1.80. The number of benzene rings is 1. The highest BCUT2D eigenvalue weighted by Gasteiger charge is 2.32. The number of hydrogen-bond donors (Lipinski definition) is 2. The van der Waals surface area contributed by atoms with Crippen LogP contribution in [0, 0.1) is 0 Å². The molecule has 0 heterocycles. The van der Waals surface area contributed by atoms with Gasteiger partial charge in [-0.2, -0.15) is 0 Å². The fourth-order valence-corrected chi connectivity index (χ4v) is 2.17. The zero-order valence-corrected chi connectivity index (χ0v) is 10.9. The molecule has 3 N–H and O–H groups in total. The highest BCUT2D eigenvalue weighted by molar-refractivity contribution is 6.31. The first-order valence-electron chi connectivity index (χ1n) is 6.08. The average Bonchev–Trinajstić information content (AvgIpc) is 3.13. The summed E-state index contributed by atoms with van der Waals surface area (Å²) < 4.78 is 0. The van der Waals surface area contributed by atoms with Gasteiger partial charge in [-0.15, -0.1) is 0 Å². The molecule has 1 saturated carbocycles. The molecule has 0 aromatic heterocycles. The maximum Gasteiger partial charge on any atom is 0.407 e. The van der Waals surface area contributed by atoms with Crippen molar-refractivity contribution >= 4 is 17.7 Å². The zero-order valence-electron chi connectivity index (χ0n) is 10.1. The third-order valence-electron chi connectivity index (χ3n) is 3.12. The predicted molar refractivity (Wildman–Crippen MR) is 70.8 cm³/mol. The number of nitrogens with two attached hydrogens (primary N) is 1. The van der Waals surface area contributed by atoms with E-state index in [0.29, 0.717) is 18.1 Å². The highest BCUT2D eigenvalue weighted by Crippen LogP contribution is 2.30. The molecule has 4 nitrogen and oxygen atoms in total. The Labute approximate surface area is 111 Å². The number of amides is 1. The van der Waals surface area contributed by atoms with Crippen LogP contribution in [0.4, 0.5) is 4.79 Å². The Bertz CT molecular complexity index is 447. The van der Waals surface area contributed by atoms with Crippen molar-refractivity contribution in [2.75, 3.05) is 6.54 Å².